The van der Waals surface area contributed by atoms with E-state index in [-0.39, 0.29) is 0 Å². The van der Waals surface area contributed by atoms with E-state index in [4.69, 9.17) is 0 Å². The maximum absolute atomic E-state index is 4.62. The number of thiazole rings is 1. The monoisotopic (exact) mass is 297 g/mol. The van der Waals surface area contributed by atoms with Gasteiger partial charge in [-0.05, 0) is 12.8 Å². The van der Waals surface area contributed by atoms with Gasteiger partial charge in [0.25, 0.3) is 0 Å². The van der Waals surface area contributed by atoms with Crippen molar-refractivity contribution in [2.45, 2.75) is 45.3 Å². The zero-order valence-electron chi connectivity index (χ0n) is 12.0. The molecule has 0 amide bonds. The molecule has 1 aromatic heterocycles. The van der Waals surface area contributed by atoms with Crippen molar-refractivity contribution < 1.29 is 0 Å². The summed E-state index contributed by atoms with van der Waals surface area (Å²) in [5, 5.41) is 8.55. The van der Waals surface area contributed by atoms with E-state index in [2.05, 4.69) is 41.4 Å². The Hall–Kier alpha value is -0.550. The second-order valence-corrected chi connectivity index (χ2v) is 7.20. The Labute approximate surface area is 124 Å². The SMILES string of the molecule is CCC(CC)C1CN=C(NCCc2csc(C)n2)S1. The summed E-state index contributed by atoms with van der Waals surface area (Å²) in [5.74, 6) is 0.800. The molecule has 0 bridgehead atoms. The van der Waals surface area contributed by atoms with Gasteiger partial charge in [-0.2, -0.15) is 0 Å². The van der Waals surface area contributed by atoms with Crippen LogP contribution in [-0.4, -0.2) is 28.5 Å². The highest BCUT2D eigenvalue weighted by molar-refractivity contribution is 8.14. The van der Waals surface area contributed by atoms with Crippen LogP contribution in [0.4, 0.5) is 0 Å². The van der Waals surface area contributed by atoms with Crippen LogP contribution < -0.4 is 5.32 Å². The Balaban J connectivity index is 1.70. The van der Waals surface area contributed by atoms with Gasteiger partial charge in [-0.25, -0.2) is 4.98 Å². The van der Waals surface area contributed by atoms with Crippen molar-refractivity contribution in [2.24, 2.45) is 10.9 Å². The minimum absolute atomic E-state index is 0.680. The lowest BCUT2D eigenvalue weighted by Gasteiger charge is -2.18. The van der Waals surface area contributed by atoms with Crippen LogP contribution in [0.5, 0.6) is 0 Å². The first-order valence-electron chi connectivity index (χ1n) is 7.08. The lowest BCUT2D eigenvalue weighted by Crippen LogP contribution is -2.23. The maximum atomic E-state index is 4.62. The highest BCUT2D eigenvalue weighted by Gasteiger charge is 2.25. The van der Waals surface area contributed by atoms with Crippen molar-refractivity contribution >= 4 is 28.3 Å². The average molecular weight is 297 g/mol. The molecule has 0 saturated heterocycles. The molecule has 3 nitrogen and oxygen atoms in total. The number of hydrogen-bond acceptors (Lipinski definition) is 5. The molecule has 2 heterocycles. The molecule has 19 heavy (non-hydrogen) atoms. The molecule has 1 aliphatic heterocycles. The summed E-state index contributed by atoms with van der Waals surface area (Å²) in [7, 11) is 0. The van der Waals surface area contributed by atoms with Crippen LogP contribution in [0.15, 0.2) is 10.4 Å². The highest BCUT2D eigenvalue weighted by atomic mass is 32.2. The standard InChI is InChI=1S/C14H23N3S2/c1-4-11(5-2)13-8-16-14(19-13)15-7-6-12-9-18-10(3)17-12/h9,11,13H,4-8H2,1-3H3,(H,15,16). The van der Waals surface area contributed by atoms with Crippen LogP contribution in [0.25, 0.3) is 0 Å². The Bertz CT molecular complexity index is 424. The number of aryl methyl sites for hydroxylation is 1. The van der Waals surface area contributed by atoms with Gasteiger partial charge >= 0.3 is 0 Å². The largest absolute Gasteiger partial charge is 0.365 e. The molecule has 0 spiro atoms. The molecule has 1 aliphatic rings. The van der Waals surface area contributed by atoms with Gasteiger partial charge in [0.1, 0.15) is 0 Å². The number of hydrogen-bond donors (Lipinski definition) is 1. The number of aliphatic imine (C=N–C) groups is 1. The third kappa shape index (κ3) is 4.21. The van der Waals surface area contributed by atoms with Crippen LogP contribution in [0, 0.1) is 12.8 Å². The van der Waals surface area contributed by atoms with Crippen LogP contribution in [0.1, 0.15) is 37.4 Å². The molecule has 1 atom stereocenters. The van der Waals surface area contributed by atoms with Crippen LogP contribution in [0.3, 0.4) is 0 Å². The number of nitrogens with one attached hydrogen (secondary N) is 1. The van der Waals surface area contributed by atoms with E-state index >= 15 is 0 Å². The maximum Gasteiger partial charge on any atom is 0.156 e. The van der Waals surface area contributed by atoms with E-state index in [1.807, 2.05) is 11.8 Å². The van der Waals surface area contributed by atoms with E-state index in [1.165, 1.54) is 18.5 Å². The quantitative estimate of drug-likeness (QED) is 0.873. The predicted molar refractivity (Wildman–Crippen MR) is 86.3 cm³/mol. The summed E-state index contributed by atoms with van der Waals surface area (Å²) in [4.78, 5) is 9.10. The fourth-order valence-electron chi connectivity index (χ4n) is 2.37. The van der Waals surface area contributed by atoms with Crippen molar-refractivity contribution in [2.75, 3.05) is 13.1 Å². The molecular formula is C14H23N3S2. The van der Waals surface area contributed by atoms with Gasteiger partial charge in [-0.1, -0.05) is 38.5 Å². The molecule has 2 rings (SSSR count). The van der Waals surface area contributed by atoms with Crippen LogP contribution >= 0.6 is 23.1 Å². The lowest BCUT2D eigenvalue weighted by molar-refractivity contribution is 0.479. The molecule has 0 saturated carbocycles. The number of aromatic nitrogens is 1. The summed E-state index contributed by atoms with van der Waals surface area (Å²) in [6.07, 6.45) is 3.50. The van der Waals surface area contributed by atoms with Gasteiger partial charge in [0, 0.05) is 23.6 Å². The number of amidine groups is 1. The van der Waals surface area contributed by atoms with E-state index in [0.717, 1.165) is 35.6 Å². The molecule has 5 heteroatoms. The molecule has 1 N–H and O–H groups in total. The summed E-state index contributed by atoms with van der Waals surface area (Å²) in [5.41, 5.74) is 1.19. The van der Waals surface area contributed by atoms with E-state index in [9.17, 15) is 0 Å². The molecule has 0 fully saturated rings. The van der Waals surface area contributed by atoms with Gasteiger partial charge < -0.3 is 5.32 Å². The zero-order chi connectivity index (χ0) is 13.7. The summed E-state index contributed by atoms with van der Waals surface area (Å²) >= 11 is 3.65. The Morgan fingerprint density at radius 1 is 1.42 bits per heavy atom. The molecule has 1 unspecified atom stereocenters. The number of thioether (sulfide) groups is 1. The van der Waals surface area contributed by atoms with Crippen LogP contribution in [0.2, 0.25) is 0 Å². The molecule has 0 aromatic carbocycles. The minimum atomic E-state index is 0.680. The van der Waals surface area contributed by atoms with Gasteiger partial charge in [0.05, 0.1) is 17.2 Å². The predicted octanol–water partition coefficient (Wildman–Crippen LogP) is 3.49. The normalized spacial score (nSPS) is 18.9. The zero-order valence-corrected chi connectivity index (χ0v) is 13.6. The fourth-order valence-corrected chi connectivity index (χ4v) is 4.36. The van der Waals surface area contributed by atoms with Gasteiger partial charge in [-0.15, -0.1) is 11.3 Å². The molecule has 106 valence electrons. The first-order chi connectivity index (χ1) is 9.22. The first kappa shape index (κ1) is 14.9. The Kier molecular flexibility index (Phi) is 5.70. The molecule has 1 aromatic rings. The van der Waals surface area contributed by atoms with Crippen molar-refractivity contribution in [1.82, 2.24) is 10.3 Å². The summed E-state index contributed by atoms with van der Waals surface area (Å²) < 4.78 is 0. The van der Waals surface area contributed by atoms with Crippen LogP contribution in [-0.2, 0) is 6.42 Å². The van der Waals surface area contributed by atoms with Gasteiger partial charge in [-0.3, -0.25) is 4.99 Å². The average Bonchev–Trinajstić information content (AvgIpc) is 3.01. The Morgan fingerprint density at radius 3 is 2.84 bits per heavy atom. The summed E-state index contributed by atoms with van der Waals surface area (Å²) in [6.45, 7) is 8.54. The molecular weight excluding hydrogens is 274 g/mol. The topological polar surface area (TPSA) is 37.3 Å². The second-order valence-electron chi connectivity index (χ2n) is 4.91. The smallest absolute Gasteiger partial charge is 0.156 e. The number of nitrogens with zero attached hydrogens (tertiary/aromatic N) is 2. The minimum Gasteiger partial charge on any atom is -0.365 e. The third-order valence-electron chi connectivity index (χ3n) is 3.58. The Morgan fingerprint density at radius 2 is 2.21 bits per heavy atom. The van der Waals surface area contributed by atoms with Gasteiger partial charge in [0.15, 0.2) is 5.17 Å². The van der Waals surface area contributed by atoms with Crippen molar-refractivity contribution in [1.29, 1.82) is 0 Å². The van der Waals surface area contributed by atoms with Gasteiger partial charge in [0.2, 0.25) is 0 Å². The van der Waals surface area contributed by atoms with E-state index < -0.39 is 0 Å². The first-order valence-corrected chi connectivity index (χ1v) is 8.84. The number of rotatable bonds is 6. The van der Waals surface area contributed by atoms with Crippen molar-refractivity contribution in [3.8, 4) is 0 Å². The second kappa shape index (κ2) is 7.29. The third-order valence-corrected chi connectivity index (χ3v) is 5.73. The highest BCUT2D eigenvalue weighted by Crippen LogP contribution is 2.30. The van der Waals surface area contributed by atoms with Crippen molar-refractivity contribution in [3.05, 3.63) is 16.1 Å². The lowest BCUT2D eigenvalue weighted by atomic mass is 9.99. The molecule has 0 aliphatic carbocycles. The summed E-state index contributed by atoms with van der Waals surface area (Å²) in [6, 6.07) is 0. The fraction of sp³-hybridized carbons (Fsp3) is 0.714. The van der Waals surface area contributed by atoms with Crippen molar-refractivity contribution in [3.63, 3.8) is 0 Å². The van der Waals surface area contributed by atoms with E-state index in [1.54, 1.807) is 11.3 Å². The molecule has 0 radical (unpaired) electrons. The van der Waals surface area contributed by atoms with E-state index in [0.29, 0.717) is 5.25 Å².